The number of hydrogen-bond acceptors (Lipinski definition) is 2. The molecule has 0 aromatic heterocycles. The van der Waals surface area contributed by atoms with E-state index in [2.05, 4.69) is 5.32 Å². The van der Waals surface area contributed by atoms with Gasteiger partial charge in [-0.3, -0.25) is 9.59 Å². The van der Waals surface area contributed by atoms with Crippen molar-refractivity contribution in [3.63, 3.8) is 0 Å². The number of amides is 1. The molecule has 0 aliphatic carbocycles. The van der Waals surface area contributed by atoms with Crippen molar-refractivity contribution in [1.29, 1.82) is 0 Å². The van der Waals surface area contributed by atoms with Crippen LogP contribution in [-0.2, 0) is 0 Å². The van der Waals surface area contributed by atoms with Gasteiger partial charge in [0.05, 0.1) is 5.56 Å². The van der Waals surface area contributed by atoms with E-state index in [1.807, 2.05) is 0 Å². The van der Waals surface area contributed by atoms with Gasteiger partial charge in [-0.15, -0.1) is 0 Å². The molecular weight excluding hydrogens is 245 g/mol. The average molecular weight is 257 g/mol. The van der Waals surface area contributed by atoms with Crippen molar-refractivity contribution in [3.05, 3.63) is 65.0 Å². The Morgan fingerprint density at radius 1 is 1.21 bits per heavy atom. The lowest BCUT2D eigenvalue weighted by Crippen LogP contribution is -2.14. The van der Waals surface area contributed by atoms with Gasteiger partial charge in [0.25, 0.3) is 5.91 Å². The van der Waals surface area contributed by atoms with Crippen LogP contribution in [0.5, 0.6) is 0 Å². The van der Waals surface area contributed by atoms with Crippen molar-refractivity contribution < 1.29 is 14.0 Å². The first-order valence-corrected chi connectivity index (χ1v) is 5.73. The Hall–Kier alpha value is -2.49. The molecule has 0 saturated heterocycles. The standard InChI is InChI=1S/C15H12FNO2/c1-10-4-2-7-13(14(10)16)15(19)17-12-6-3-5-11(8-12)9-18/h2-9H,1H3,(H,17,19). The predicted octanol–water partition coefficient (Wildman–Crippen LogP) is 3.20. The number of aldehydes is 1. The van der Waals surface area contributed by atoms with Crippen LogP contribution in [0.3, 0.4) is 0 Å². The second-order valence-electron chi connectivity index (χ2n) is 4.13. The van der Waals surface area contributed by atoms with Crippen LogP contribution in [0.4, 0.5) is 10.1 Å². The molecule has 1 amide bonds. The average Bonchev–Trinajstić information content (AvgIpc) is 2.42. The summed E-state index contributed by atoms with van der Waals surface area (Å²) in [7, 11) is 0. The van der Waals surface area contributed by atoms with E-state index in [1.165, 1.54) is 12.1 Å². The Labute approximate surface area is 110 Å². The van der Waals surface area contributed by atoms with Crippen LogP contribution >= 0.6 is 0 Å². The molecule has 0 unspecified atom stereocenters. The fourth-order valence-corrected chi connectivity index (χ4v) is 1.71. The van der Waals surface area contributed by atoms with Gasteiger partial charge < -0.3 is 5.32 Å². The van der Waals surface area contributed by atoms with Crippen LogP contribution in [-0.4, -0.2) is 12.2 Å². The van der Waals surface area contributed by atoms with E-state index in [1.54, 1.807) is 37.3 Å². The second-order valence-corrected chi connectivity index (χ2v) is 4.13. The minimum absolute atomic E-state index is 0.0171. The quantitative estimate of drug-likeness (QED) is 0.858. The lowest BCUT2D eigenvalue weighted by atomic mass is 10.1. The van der Waals surface area contributed by atoms with Crippen molar-refractivity contribution in [2.24, 2.45) is 0 Å². The van der Waals surface area contributed by atoms with Gasteiger partial charge in [-0.25, -0.2) is 4.39 Å². The van der Waals surface area contributed by atoms with Gasteiger partial charge in [-0.1, -0.05) is 24.3 Å². The van der Waals surface area contributed by atoms with Crippen LogP contribution in [0.15, 0.2) is 42.5 Å². The Morgan fingerprint density at radius 2 is 1.95 bits per heavy atom. The lowest BCUT2D eigenvalue weighted by Gasteiger charge is -2.07. The number of carbonyl (C=O) groups is 2. The summed E-state index contributed by atoms with van der Waals surface area (Å²) in [6.45, 7) is 1.60. The molecule has 0 atom stereocenters. The number of hydrogen-bond donors (Lipinski definition) is 1. The number of anilines is 1. The maximum Gasteiger partial charge on any atom is 0.258 e. The lowest BCUT2D eigenvalue weighted by molar-refractivity contribution is 0.102. The molecule has 0 bridgehead atoms. The van der Waals surface area contributed by atoms with Crippen LogP contribution < -0.4 is 5.32 Å². The molecule has 0 spiro atoms. The van der Waals surface area contributed by atoms with Gasteiger partial charge in [0.1, 0.15) is 12.1 Å². The zero-order valence-corrected chi connectivity index (χ0v) is 10.3. The summed E-state index contributed by atoms with van der Waals surface area (Å²) < 4.78 is 13.8. The van der Waals surface area contributed by atoms with E-state index < -0.39 is 11.7 Å². The Balaban J connectivity index is 2.25. The van der Waals surface area contributed by atoms with Crippen molar-refractivity contribution in [2.75, 3.05) is 5.32 Å². The first-order chi connectivity index (χ1) is 9.11. The van der Waals surface area contributed by atoms with Gasteiger partial charge in [0.15, 0.2) is 0 Å². The summed E-state index contributed by atoms with van der Waals surface area (Å²) in [5.74, 6) is -1.07. The molecule has 0 saturated carbocycles. The zero-order chi connectivity index (χ0) is 13.8. The molecule has 0 aliphatic rings. The SMILES string of the molecule is Cc1cccc(C(=O)Nc2cccc(C=O)c2)c1F. The highest BCUT2D eigenvalue weighted by Gasteiger charge is 2.13. The minimum atomic E-state index is -0.538. The van der Waals surface area contributed by atoms with E-state index in [0.717, 1.165) is 0 Å². The Morgan fingerprint density at radius 3 is 2.68 bits per heavy atom. The summed E-state index contributed by atoms with van der Waals surface area (Å²) in [6, 6.07) is 11.1. The Bertz CT molecular complexity index is 638. The summed E-state index contributed by atoms with van der Waals surface area (Å²) in [6.07, 6.45) is 0.683. The van der Waals surface area contributed by atoms with Crippen LogP contribution in [0.2, 0.25) is 0 Å². The van der Waals surface area contributed by atoms with E-state index in [9.17, 15) is 14.0 Å². The topological polar surface area (TPSA) is 46.2 Å². The molecule has 2 aromatic rings. The molecule has 3 nitrogen and oxygen atoms in total. The molecule has 4 heteroatoms. The largest absolute Gasteiger partial charge is 0.322 e. The van der Waals surface area contributed by atoms with Gasteiger partial charge in [0.2, 0.25) is 0 Å². The van der Waals surface area contributed by atoms with Gasteiger partial charge >= 0.3 is 0 Å². The summed E-state index contributed by atoms with van der Waals surface area (Å²) in [4.78, 5) is 22.6. The highest BCUT2D eigenvalue weighted by Crippen LogP contribution is 2.15. The molecule has 0 heterocycles. The van der Waals surface area contributed by atoms with Crippen molar-refractivity contribution in [3.8, 4) is 0 Å². The molecule has 96 valence electrons. The molecule has 2 rings (SSSR count). The molecule has 0 fully saturated rings. The van der Waals surface area contributed by atoms with Crippen molar-refractivity contribution >= 4 is 17.9 Å². The smallest absolute Gasteiger partial charge is 0.258 e. The minimum Gasteiger partial charge on any atom is -0.322 e. The molecular formula is C15H12FNO2. The summed E-state index contributed by atoms with van der Waals surface area (Å²) in [5.41, 5.74) is 1.30. The number of rotatable bonds is 3. The number of halogens is 1. The molecule has 1 N–H and O–H groups in total. The van der Waals surface area contributed by atoms with E-state index in [4.69, 9.17) is 0 Å². The maximum absolute atomic E-state index is 13.8. The first-order valence-electron chi connectivity index (χ1n) is 5.73. The van der Waals surface area contributed by atoms with Gasteiger partial charge in [-0.05, 0) is 30.7 Å². The van der Waals surface area contributed by atoms with Gasteiger partial charge in [0, 0.05) is 11.3 Å². The number of benzene rings is 2. The normalized spacial score (nSPS) is 10.0. The van der Waals surface area contributed by atoms with Crippen LogP contribution in [0.1, 0.15) is 26.3 Å². The van der Waals surface area contributed by atoms with Crippen molar-refractivity contribution in [1.82, 2.24) is 0 Å². The monoisotopic (exact) mass is 257 g/mol. The highest BCUT2D eigenvalue weighted by molar-refractivity contribution is 6.04. The molecule has 2 aromatic carbocycles. The molecule has 19 heavy (non-hydrogen) atoms. The fourth-order valence-electron chi connectivity index (χ4n) is 1.71. The fraction of sp³-hybridized carbons (Fsp3) is 0.0667. The third-order valence-electron chi connectivity index (χ3n) is 2.72. The van der Waals surface area contributed by atoms with Gasteiger partial charge in [-0.2, -0.15) is 0 Å². The van der Waals surface area contributed by atoms with Crippen LogP contribution in [0.25, 0.3) is 0 Å². The third kappa shape index (κ3) is 2.85. The Kier molecular flexibility index (Phi) is 3.71. The number of aryl methyl sites for hydroxylation is 1. The van der Waals surface area contributed by atoms with Crippen molar-refractivity contribution in [2.45, 2.75) is 6.92 Å². The summed E-state index contributed by atoms with van der Waals surface area (Å²) >= 11 is 0. The highest BCUT2D eigenvalue weighted by atomic mass is 19.1. The van der Waals surface area contributed by atoms with Crippen LogP contribution in [0, 0.1) is 12.7 Å². The summed E-state index contributed by atoms with van der Waals surface area (Å²) in [5, 5.41) is 2.56. The second kappa shape index (κ2) is 5.44. The van der Waals surface area contributed by atoms with E-state index >= 15 is 0 Å². The molecule has 0 radical (unpaired) electrons. The maximum atomic E-state index is 13.8. The third-order valence-corrected chi connectivity index (χ3v) is 2.72. The zero-order valence-electron chi connectivity index (χ0n) is 10.3. The first kappa shape index (κ1) is 13.0. The van der Waals surface area contributed by atoms with E-state index in [-0.39, 0.29) is 5.56 Å². The number of nitrogens with one attached hydrogen (secondary N) is 1. The van der Waals surface area contributed by atoms with E-state index in [0.29, 0.717) is 23.1 Å². The molecule has 0 aliphatic heterocycles. The predicted molar refractivity (Wildman–Crippen MR) is 70.9 cm³/mol. The number of carbonyl (C=O) groups excluding carboxylic acids is 2.